The van der Waals surface area contributed by atoms with Gasteiger partial charge in [0.05, 0.1) is 5.41 Å². The van der Waals surface area contributed by atoms with E-state index in [2.05, 4.69) is 19.1 Å². The molecule has 4 rings (SSSR count). The molecule has 0 spiro atoms. The van der Waals surface area contributed by atoms with Crippen molar-refractivity contribution in [1.82, 2.24) is 0 Å². The van der Waals surface area contributed by atoms with E-state index < -0.39 is 11.4 Å². The van der Waals surface area contributed by atoms with E-state index in [1.54, 1.807) is 0 Å². The number of hydrogen-bond donors (Lipinski definition) is 3. The fraction of sp³-hybridized carbons (Fsp3) is 0.895. The Bertz CT molecular complexity index is 480. The van der Waals surface area contributed by atoms with Gasteiger partial charge in [0.1, 0.15) is 0 Å². The van der Waals surface area contributed by atoms with Crippen LogP contribution in [0.3, 0.4) is 0 Å². The molecule has 4 aliphatic carbocycles. The van der Waals surface area contributed by atoms with Gasteiger partial charge in [0.25, 0.3) is 5.97 Å². The lowest BCUT2D eigenvalue weighted by atomic mass is 9.45. The number of hydrogen-bond acceptors (Lipinski definition) is 3. The van der Waals surface area contributed by atoms with E-state index in [0.29, 0.717) is 23.2 Å². The van der Waals surface area contributed by atoms with E-state index in [0.717, 1.165) is 32.1 Å². The van der Waals surface area contributed by atoms with Gasteiger partial charge in [-0.25, -0.2) is 0 Å². The molecule has 3 nitrogen and oxygen atoms in total. The van der Waals surface area contributed by atoms with Crippen LogP contribution in [0.1, 0.15) is 64.7 Å². The summed E-state index contributed by atoms with van der Waals surface area (Å²) in [6.45, 7) is 2.48. The van der Waals surface area contributed by atoms with Crippen LogP contribution in [-0.2, 0) is 0 Å². The normalized spacial score (nSPS) is 51.1. The lowest BCUT2D eigenvalue weighted by Crippen LogP contribution is -2.59. The minimum Gasteiger partial charge on any atom is -0.343 e. The van der Waals surface area contributed by atoms with Gasteiger partial charge in [0.15, 0.2) is 0 Å². The monoisotopic (exact) mass is 306 g/mol. The van der Waals surface area contributed by atoms with Gasteiger partial charge in [-0.2, -0.15) is 0 Å². The Labute approximate surface area is 133 Å². The smallest absolute Gasteiger partial charge is 0.281 e. The third-order valence-electron chi connectivity index (χ3n) is 8.17. The Balaban J connectivity index is 1.68. The van der Waals surface area contributed by atoms with E-state index in [1.807, 2.05) is 0 Å². The van der Waals surface area contributed by atoms with Crippen LogP contribution in [-0.4, -0.2) is 21.3 Å². The van der Waals surface area contributed by atoms with Gasteiger partial charge < -0.3 is 15.3 Å². The zero-order valence-electron chi connectivity index (χ0n) is 13.7. The Hall–Kier alpha value is -0.380. The van der Waals surface area contributed by atoms with E-state index in [4.69, 9.17) is 0 Å². The predicted octanol–water partition coefficient (Wildman–Crippen LogP) is 3.20. The number of fused-ring (bicyclic) bond motifs is 5. The first-order valence-electron chi connectivity index (χ1n) is 9.22. The standard InChI is InChI=1S/C19H30O3/c1-17-10-3-2-5-13(17)7-8-14-15(17)9-12-18(19(20,21)22)11-4-6-16(14)18/h2,5,13-16,20-22H,3-4,6-12H2,1H3/t13?,14-,15+,16+,17+,18-/m1/s1. The predicted molar refractivity (Wildman–Crippen MR) is 84.6 cm³/mol. The topological polar surface area (TPSA) is 60.7 Å². The zero-order chi connectivity index (χ0) is 15.6. The van der Waals surface area contributed by atoms with Crippen LogP contribution < -0.4 is 0 Å². The molecular weight excluding hydrogens is 276 g/mol. The molecule has 1 unspecified atom stereocenters. The van der Waals surface area contributed by atoms with Gasteiger partial charge in [0, 0.05) is 0 Å². The average Bonchev–Trinajstić information content (AvgIpc) is 2.91. The largest absolute Gasteiger partial charge is 0.343 e. The van der Waals surface area contributed by atoms with Gasteiger partial charge in [-0.15, -0.1) is 0 Å². The molecule has 0 bridgehead atoms. The summed E-state index contributed by atoms with van der Waals surface area (Å²) in [5.41, 5.74) is -0.280. The summed E-state index contributed by atoms with van der Waals surface area (Å²) in [6.07, 6.45) is 14.4. The fourth-order valence-corrected chi connectivity index (χ4v) is 7.06. The average molecular weight is 306 g/mol. The molecule has 0 aromatic rings. The molecule has 0 amide bonds. The van der Waals surface area contributed by atoms with Crippen molar-refractivity contribution < 1.29 is 15.3 Å². The number of aliphatic hydroxyl groups is 3. The van der Waals surface area contributed by atoms with Crippen molar-refractivity contribution in [2.24, 2.45) is 34.5 Å². The maximum absolute atomic E-state index is 10.1. The molecule has 3 fully saturated rings. The van der Waals surface area contributed by atoms with Crippen molar-refractivity contribution in [1.29, 1.82) is 0 Å². The van der Waals surface area contributed by atoms with Crippen molar-refractivity contribution in [2.45, 2.75) is 70.7 Å². The van der Waals surface area contributed by atoms with Crippen LogP contribution >= 0.6 is 0 Å². The molecule has 124 valence electrons. The molecule has 3 N–H and O–H groups in total. The Morgan fingerprint density at radius 1 is 0.955 bits per heavy atom. The molecule has 0 saturated heterocycles. The molecule has 3 saturated carbocycles. The first-order valence-corrected chi connectivity index (χ1v) is 9.22. The minimum atomic E-state index is -2.50. The van der Waals surface area contributed by atoms with Gasteiger partial charge >= 0.3 is 0 Å². The van der Waals surface area contributed by atoms with Crippen molar-refractivity contribution >= 4 is 0 Å². The molecule has 4 aliphatic rings. The first kappa shape index (κ1) is 15.2. The first-order chi connectivity index (χ1) is 10.4. The highest BCUT2D eigenvalue weighted by molar-refractivity contribution is 5.13. The molecule has 0 heterocycles. The second-order valence-electron chi connectivity index (χ2n) is 8.76. The molecule has 0 aromatic carbocycles. The fourth-order valence-electron chi connectivity index (χ4n) is 7.06. The van der Waals surface area contributed by atoms with Crippen LogP contribution in [0.5, 0.6) is 0 Å². The van der Waals surface area contributed by atoms with Crippen LogP contribution in [0, 0.1) is 34.5 Å². The third-order valence-corrected chi connectivity index (χ3v) is 8.17. The van der Waals surface area contributed by atoms with Crippen molar-refractivity contribution in [3.63, 3.8) is 0 Å². The zero-order valence-corrected chi connectivity index (χ0v) is 13.7. The highest BCUT2D eigenvalue weighted by atomic mass is 16.7. The maximum atomic E-state index is 10.1. The van der Waals surface area contributed by atoms with Crippen LogP contribution in [0.2, 0.25) is 0 Å². The van der Waals surface area contributed by atoms with Crippen molar-refractivity contribution in [3.8, 4) is 0 Å². The highest BCUT2D eigenvalue weighted by Gasteiger charge is 2.64. The van der Waals surface area contributed by atoms with Gasteiger partial charge in [-0.3, -0.25) is 0 Å². The summed E-state index contributed by atoms with van der Waals surface area (Å²) in [5.74, 6) is -0.248. The molecular formula is C19H30O3. The SMILES string of the molecule is C[C@]12CCC=CC1CC[C@H]1[C@@H]3CCC[C@@]3(C(O)(O)O)CC[C@@H]12. The minimum absolute atomic E-state index is 0.287. The van der Waals surface area contributed by atoms with Crippen molar-refractivity contribution in [2.75, 3.05) is 0 Å². The molecule has 0 aromatic heterocycles. The lowest BCUT2D eigenvalue weighted by Gasteiger charge is -2.60. The van der Waals surface area contributed by atoms with E-state index in [9.17, 15) is 15.3 Å². The van der Waals surface area contributed by atoms with Crippen molar-refractivity contribution in [3.05, 3.63) is 12.2 Å². The van der Waals surface area contributed by atoms with E-state index >= 15 is 0 Å². The van der Waals surface area contributed by atoms with E-state index in [1.165, 1.54) is 25.7 Å². The number of rotatable bonds is 1. The maximum Gasteiger partial charge on any atom is 0.281 e. The number of allylic oxidation sites excluding steroid dienone is 2. The molecule has 3 heteroatoms. The third kappa shape index (κ3) is 1.85. The quantitative estimate of drug-likeness (QED) is 0.515. The highest BCUT2D eigenvalue weighted by Crippen LogP contribution is 2.67. The van der Waals surface area contributed by atoms with Gasteiger partial charge in [0.2, 0.25) is 0 Å². The molecule has 6 atom stereocenters. The lowest BCUT2D eigenvalue weighted by molar-refractivity contribution is -0.393. The second-order valence-corrected chi connectivity index (χ2v) is 8.76. The van der Waals surface area contributed by atoms with Crippen LogP contribution in [0.25, 0.3) is 0 Å². The molecule has 22 heavy (non-hydrogen) atoms. The van der Waals surface area contributed by atoms with Crippen LogP contribution in [0.15, 0.2) is 12.2 Å². The Morgan fingerprint density at radius 2 is 1.77 bits per heavy atom. The summed E-state index contributed by atoms with van der Waals surface area (Å²) in [7, 11) is 0. The Kier molecular flexibility index (Phi) is 3.32. The molecule has 0 aliphatic heterocycles. The summed E-state index contributed by atoms with van der Waals surface area (Å²) in [4.78, 5) is 0. The second kappa shape index (κ2) is 4.81. The summed E-state index contributed by atoms with van der Waals surface area (Å²) < 4.78 is 0. The molecule has 0 radical (unpaired) electrons. The van der Waals surface area contributed by atoms with Crippen LogP contribution in [0.4, 0.5) is 0 Å². The summed E-state index contributed by atoms with van der Waals surface area (Å²) in [5, 5.41) is 30.3. The van der Waals surface area contributed by atoms with Gasteiger partial charge in [-0.1, -0.05) is 25.5 Å². The Morgan fingerprint density at radius 3 is 2.55 bits per heavy atom. The van der Waals surface area contributed by atoms with E-state index in [-0.39, 0.29) is 5.92 Å². The summed E-state index contributed by atoms with van der Waals surface area (Å²) in [6, 6.07) is 0. The summed E-state index contributed by atoms with van der Waals surface area (Å²) >= 11 is 0. The van der Waals surface area contributed by atoms with Gasteiger partial charge in [-0.05, 0) is 80.5 Å².